The van der Waals surface area contributed by atoms with E-state index in [2.05, 4.69) is 29.8 Å². The molecule has 16 heteroatoms. The molecule has 1 spiro atoms. The average Bonchev–Trinajstić information content (AvgIpc) is 3.81. The van der Waals surface area contributed by atoms with Crippen LogP contribution in [0.3, 0.4) is 0 Å². The molecular weight excluding hydrogens is 716 g/mol. The summed E-state index contributed by atoms with van der Waals surface area (Å²) in [6.07, 6.45) is 3.30. The lowest BCUT2D eigenvalue weighted by Crippen LogP contribution is -2.54. The summed E-state index contributed by atoms with van der Waals surface area (Å²) >= 11 is 0. The highest BCUT2D eigenvalue weighted by Gasteiger charge is 2.47. The molecule has 5 atom stereocenters. The summed E-state index contributed by atoms with van der Waals surface area (Å²) in [5.74, 6) is -0.213. The van der Waals surface area contributed by atoms with Gasteiger partial charge in [-0.1, -0.05) is 26.0 Å². The average molecular weight is 775 g/mol. The Morgan fingerprint density at radius 3 is 2.64 bits per heavy atom. The molecule has 3 N–H and O–H groups in total. The first-order valence-electron chi connectivity index (χ1n) is 19.8. The van der Waals surface area contributed by atoms with Crippen molar-refractivity contribution < 1.29 is 57.1 Å². The summed E-state index contributed by atoms with van der Waals surface area (Å²) in [5, 5.41) is 8.39. The van der Waals surface area contributed by atoms with Crippen molar-refractivity contribution in [3.8, 4) is 11.5 Å². The van der Waals surface area contributed by atoms with Gasteiger partial charge in [-0.2, -0.15) is 0 Å². The standard InChI is InChI=1S/C39H58N4O12/c1-4-49-36(46)31(15-13-26(2)3)42-33(44)16-14-28-21-30(53-38(48)41-23-27-9-5-11-32-35(27)52-25-51-32)22-39(54-28)17-6-10-29(55-39)24-50-37(47)40-18-8-20-43-19-7-12-34(43)45/h5,9,11,26,28-31H,4,6-8,10,12-25H2,1-3H3,(H,40,47)(H,41,48)(H,42,44)/t28-,29-,30-,31+,39+/m1/s1. The van der Waals surface area contributed by atoms with Crippen molar-refractivity contribution in [3.63, 3.8) is 0 Å². The van der Waals surface area contributed by atoms with Crippen molar-refractivity contribution in [2.75, 3.05) is 39.6 Å². The number of nitrogens with zero attached hydrogens (tertiary/aromatic N) is 1. The van der Waals surface area contributed by atoms with Crippen molar-refractivity contribution in [2.24, 2.45) is 5.92 Å². The lowest BCUT2D eigenvalue weighted by Gasteiger charge is -2.47. The number of hydrogen-bond acceptors (Lipinski definition) is 12. The highest BCUT2D eigenvalue weighted by molar-refractivity contribution is 5.84. The summed E-state index contributed by atoms with van der Waals surface area (Å²) in [4.78, 5) is 65.0. The largest absolute Gasteiger partial charge is 0.464 e. The predicted molar refractivity (Wildman–Crippen MR) is 197 cm³/mol. The molecule has 0 radical (unpaired) electrons. The zero-order valence-electron chi connectivity index (χ0n) is 32.4. The van der Waals surface area contributed by atoms with E-state index in [0.717, 1.165) is 24.9 Å². The molecule has 306 valence electrons. The molecule has 4 heterocycles. The minimum absolute atomic E-state index is 0.000551. The van der Waals surface area contributed by atoms with Gasteiger partial charge in [0.15, 0.2) is 17.3 Å². The lowest BCUT2D eigenvalue weighted by molar-refractivity contribution is -0.329. The molecule has 0 unspecified atom stereocenters. The van der Waals surface area contributed by atoms with Gasteiger partial charge in [-0.3, -0.25) is 9.59 Å². The van der Waals surface area contributed by atoms with Gasteiger partial charge in [0.2, 0.25) is 18.6 Å². The van der Waals surface area contributed by atoms with Crippen LogP contribution in [0.15, 0.2) is 18.2 Å². The van der Waals surface area contributed by atoms with E-state index in [1.165, 1.54) is 0 Å². The Balaban J connectivity index is 1.16. The number of hydrogen-bond donors (Lipinski definition) is 3. The molecule has 0 aliphatic carbocycles. The summed E-state index contributed by atoms with van der Waals surface area (Å²) in [6.45, 7) is 8.05. The van der Waals surface area contributed by atoms with Crippen LogP contribution in [0.4, 0.5) is 9.59 Å². The number of ether oxygens (including phenoxy) is 7. The summed E-state index contributed by atoms with van der Waals surface area (Å²) in [6, 6.07) is 4.71. The normalized spacial score (nSPS) is 23.7. The highest BCUT2D eigenvalue weighted by atomic mass is 16.7. The molecule has 3 saturated heterocycles. The first kappa shape index (κ1) is 41.8. The van der Waals surface area contributed by atoms with Gasteiger partial charge in [0.05, 0.1) is 18.8 Å². The minimum atomic E-state index is -1.13. The van der Waals surface area contributed by atoms with E-state index in [9.17, 15) is 24.0 Å². The number of carbonyl (C=O) groups excluding carboxylic acids is 5. The molecule has 4 aliphatic rings. The number of benzene rings is 1. The third-order valence-electron chi connectivity index (χ3n) is 10.2. The second-order valence-electron chi connectivity index (χ2n) is 15.0. The van der Waals surface area contributed by atoms with Crippen LogP contribution in [0.25, 0.3) is 0 Å². The molecule has 1 aromatic rings. The maximum atomic E-state index is 13.2. The molecule has 3 fully saturated rings. The molecule has 0 saturated carbocycles. The van der Waals surface area contributed by atoms with Gasteiger partial charge in [-0.05, 0) is 63.9 Å². The van der Waals surface area contributed by atoms with E-state index in [1.807, 2.05) is 12.1 Å². The molecule has 5 rings (SSSR count). The number of nitrogens with one attached hydrogen (secondary N) is 3. The van der Waals surface area contributed by atoms with E-state index >= 15 is 0 Å². The summed E-state index contributed by atoms with van der Waals surface area (Å²) < 4.78 is 40.7. The van der Waals surface area contributed by atoms with E-state index < -0.39 is 48.3 Å². The second kappa shape index (κ2) is 20.6. The molecular formula is C39H58N4O12. The van der Waals surface area contributed by atoms with Crippen LogP contribution in [0.2, 0.25) is 0 Å². The molecule has 0 bridgehead atoms. The van der Waals surface area contributed by atoms with Gasteiger partial charge in [-0.15, -0.1) is 0 Å². The monoisotopic (exact) mass is 774 g/mol. The fourth-order valence-corrected chi connectivity index (χ4v) is 7.43. The van der Waals surface area contributed by atoms with E-state index in [-0.39, 0.29) is 57.6 Å². The van der Waals surface area contributed by atoms with Crippen LogP contribution in [0.5, 0.6) is 11.5 Å². The molecule has 55 heavy (non-hydrogen) atoms. The van der Waals surface area contributed by atoms with Crippen LogP contribution in [-0.4, -0.2) is 105 Å². The SMILES string of the molecule is CCOC(=O)[C@H](CCC(C)C)NC(=O)CC[C@@H]1C[C@@H](OC(=O)NCc2cccc3c2OCO3)C[C@@]2(CCC[C@H](COC(=O)NCCCN3CCCC3=O)O2)O1. The lowest BCUT2D eigenvalue weighted by atomic mass is 9.90. The number of amides is 4. The molecule has 16 nitrogen and oxygen atoms in total. The second-order valence-corrected chi connectivity index (χ2v) is 15.0. The Kier molecular flexibility index (Phi) is 15.6. The van der Waals surface area contributed by atoms with Gasteiger partial charge in [0, 0.05) is 63.8 Å². The molecule has 0 aromatic heterocycles. The van der Waals surface area contributed by atoms with Crippen molar-refractivity contribution in [1.29, 1.82) is 0 Å². The molecule has 1 aromatic carbocycles. The van der Waals surface area contributed by atoms with Crippen molar-refractivity contribution >= 4 is 30.0 Å². The minimum Gasteiger partial charge on any atom is -0.464 e. The molecule has 4 aliphatic heterocycles. The topological polar surface area (TPSA) is 189 Å². The first-order chi connectivity index (χ1) is 26.5. The Hall–Kier alpha value is -4.31. The summed E-state index contributed by atoms with van der Waals surface area (Å²) in [5.41, 5.74) is 0.748. The molecule has 4 amide bonds. The fraction of sp³-hybridized carbons (Fsp3) is 0.718. The van der Waals surface area contributed by atoms with Gasteiger partial charge < -0.3 is 54.0 Å². The highest BCUT2D eigenvalue weighted by Crippen LogP contribution is 2.41. The third-order valence-corrected chi connectivity index (χ3v) is 10.2. The maximum absolute atomic E-state index is 13.2. The Morgan fingerprint density at radius 1 is 1.02 bits per heavy atom. The fourth-order valence-electron chi connectivity index (χ4n) is 7.43. The number of rotatable bonds is 18. The number of carbonyl (C=O) groups is 5. The van der Waals surface area contributed by atoms with Crippen LogP contribution in [-0.2, 0) is 44.6 Å². The predicted octanol–water partition coefficient (Wildman–Crippen LogP) is 4.46. The van der Waals surface area contributed by atoms with E-state index in [4.69, 9.17) is 33.2 Å². The Morgan fingerprint density at radius 2 is 1.85 bits per heavy atom. The zero-order valence-corrected chi connectivity index (χ0v) is 32.4. The van der Waals surface area contributed by atoms with Crippen molar-refractivity contribution in [2.45, 2.75) is 135 Å². The number of fused-ring (bicyclic) bond motifs is 1. The van der Waals surface area contributed by atoms with Gasteiger partial charge in [-0.25, -0.2) is 14.4 Å². The van der Waals surface area contributed by atoms with Gasteiger partial charge in [0.1, 0.15) is 18.8 Å². The van der Waals surface area contributed by atoms with E-state index in [0.29, 0.717) is 75.5 Å². The van der Waals surface area contributed by atoms with E-state index in [1.54, 1.807) is 17.9 Å². The quantitative estimate of drug-likeness (QED) is 0.108. The van der Waals surface area contributed by atoms with Crippen molar-refractivity contribution in [3.05, 3.63) is 23.8 Å². The number of para-hydroxylation sites is 1. The number of alkyl carbamates (subject to hydrolysis) is 2. The summed E-state index contributed by atoms with van der Waals surface area (Å²) in [7, 11) is 0. The Labute approximate surface area is 322 Å². The van der Waals surface area contributed by atoms with Crippen molar-refractivity contribution in [1.82, 2.24) is 20.9 Å². The van der Waals surface area contributed by atoms with Gasteiger partial charge >= 0.3 is 18.2 Å². The first-order valence-corrected chi connectivity index (χ1v) is 19.8. The Bertz CT molecular complexity index is 1480. The third kappa shape index (κ3) is 12.9. The zero-order chi connectivity index (χ0) is 39.2. The van der Waals surface area contributed by atoms with Crippen LogP contribution in [0.1, 0.15) is 103 Å². The van der Waals surface area contributed by atoms with Gasteiger partial charge in [0.25, 0.3) is 0 Å². The number of likely N-dealkylation sites (tertiary alicyclic amines) is 1. The number of esters is 1. The maximum Gasteiger partial charge on any atom is 0.407 e. The van der Waals surface area contributed by atoms with Crippen LogP contribution in [0, 0.1) is 5.92 Å². The smallest absolute Gasteiger partial charge is 0.407 e. The van der Waals surface area contributed by atoms with Crippen LogP contribution < -0.4 is 25.4 Å². The van der Waals surface area contributed by atoms with Crippen LogP contribution >= 0.6 is 0 Å².